The van der Waals surface area contributed by atoms with Crippen molar-refractivity contribution in [1.29, 1.82) is 0 Å². The molecular formula is C25H28N6O2. The van der Waals surface area contributed by atoms with Gasteiger partial charge in [-0.25, -0.2) is 9.97 Å². The highest BCUT2D eigenvalue weighted by atomic mass is 16.5. The number of anilines is 1. The van der Waals surface area contributed by atoms with Crippen LogP contribution in [-0.2, 0) is 23.6 Å². The molecule has 8 nitrogen and oxygen atoms in total. The first-order valence-corrected chi connectivity index (χ1v) is 11.7. The second kappa shape index (κ2) is 7.73. The lowest BCUT2D eigenvalue weighted by atomic mass is 9.74. The van der Waals surface area contributed by atoms with E-state index in [0.29, 0.717) is 30.7 Å². The number of carbonyl (C=O) groups is 1. The summed E-state index contributed by atoms with van der Waals surface area (Å²) in [5, 5.41) is 11.5. The largest absolute Gasteiger partial charge is 0.379 e. The molecule has 1 aliphatic heterocycles. The van der Waals surface area contributed by atoms with Crippen molar-refractivity contribution in [2.24, 2.45) is 7.05 Å². The Kier molecular flexibility index (Phi) is 4.79. The van der Waals surface area contributed by atoms with Gasteiger partial charge in [-0.3, -0.25) is 4.79 Å². The van der Waals surface area contributed by atoms with Crippen molar-refractivity contribution < 1.29 is 9.53 Å². The summed E-state index contributed by atoms with van der Waals surface area (Å²) in [5.41, 5.74) is 4.39. The molecule has 33 heavy (non-hydrogen) atoms. The predicted molar refractivity (Wildman–Crippen MR) is 122 cm³/mol. The summed E-state index contributed by atoms with van der Waals surface area (Å²) in [4.78, 5) is 22.2. The maximum atomic E-state index is 13.2. The number of nitrogens with zero attached hydrogens (tertiary/aromatic N) is 5. The van der Waals surface area contributed by atoms with Gasteiger partial charge >= 0.3 is 0 Å². The lowest BCUT2D eigenvalue weighted by molar-refractivity contribution is -0.0611. The molecule has 0 bridgehead atoms. The Morgan fingerprint density at radius 3 is 2.55 bits per heavy atom. The first-order chi connectivity index (χ1) is 16.0. The highest BCUT2D eigenvalue weighted by molar-refractivity contribution is 6.03. The molecule has 0 atom stereocenters. The number of nitrogens with one attached hydrogen (secondary N) is 1. The number of hydrogen-bond acceptors (Lipinski definition) is 6. The Morgan fingerprint density at radius 2 is 1.91 bits per heavy atom. The molecule has 0 spiro atoms. The predicted octanol–water partition coefficient (Wildman–Crippen LogP) is 3.43. The zero-order valence-corrected chi connectivity index (χ0v) is 19.0. The standard InChI is InChI=1S/C25H28N6O2/c1-15-7-21(29-23(27-15)17-5-6-17)24(32)28-20-9-18(16-3-4-16)8-19(10-20)25(12-33-13-25)11-22-30-26-14-31(22)2/h7-10,14,16-17H,3-6,11-13H2,1-2H3,(H,28,32). The van der Waals surface area contributed by atoms with Crippen LogP contribution in [0.15, 0.2) is 30.6 Å². The van der Waals surface area contributed by atoms with E-state index in [1.54, 1.807) is 12.4 Å². The average molecular weight is 445 g/mol. The Bertz CT molecular complexity index is 1220. The van der Waals surface area contributed by atoms with Crippen LogP contribution in [-0.4, -0.2) is 43.9 Å². The minimum absolute atomic E-state index is 0.157. The molecule has 1 aromatic carbocycles. The molecule has 3 heterocycles. The molecule has 1 saturated heterocycles. The topological polar surface area (TPSA) is 94.8 Å². The second-order valence-electron chi connectivity index (χ2n) is 9.91. The van der Waals surface area contributed by atoms with E-state index >= 15 is 0 Å². The van der Waals surface area contributed by atoms with Gasteiger partial charge in [-0.2, -0.15) is 0 Å². The molecule has 1 amide bonds. The molecule has 0 radical (unpaired) electrons. The summed E-state index contributed by atoms with van der Waals surface area (Å²) in [7, 11) is 1.97. The lowest BCUT2D eigenvalue weighted by Gasteiger charge is -2.42. The van der Waals surface area contributed by atoms with E-state index in [-0.39, 0.29) is 11.3 Å². The van der Waals surface area contributed by atoms with Crippen LogP contribution in [0.4, 0.5) is 5.69 Å². The molecule has 3 aromatic rings. The summed E-state index contributed by atoms with van der Waals surface area (Å²) in [6.07, 6.45) is 7.08. The third-order valence-corrected chi connectivity index (χ3v) is 6.98. The second-order valence-corrected chi connectivity index (χ2v) is 9.91. The summed E-state index contributed by atoms with van der Waals surface area (Å²) >= 11 is 0. The molecule has 3 fully saturated rings. The van der Waals surface area contributed by atoms with E-state index in [9.17, 15) is 4.79 Å². The monoisotopic (exact) mass is 444 g/mol. The van der Waals surface area contributed by atoms with Crippen molar-refractivity contribution in [2.45, 2.75) is 56.3 Å². The third-order valence-electron chi connectivity index (χ3n) is 6.98. The molecule has 2 aliphatic carbocycles. The fraction of sp³-hybridized carbons (Fsp3) is 0.480. The number of carbonyl (C=O) groups excluding carboxylic acids is 1. The van der Waals surface area contributed by atoms with Crippen molar-refractivity contribution in [3.05, 3.63) is 64.8 Å². The van der Waals surface area contributed by atoms with Gasteiger partial charge < -0.3 is 14.6 Å². The quantitative estimate of drug-likeness (QED) is 0.600. The van der Waals surface area contributed by atoms with E-state index in [0.717, 1.165) is 42.3 Å². The van der Waals surface area contributed by atoms with Crippen LogP contribution in [0.25, 0.3) is 0 Å². The molecule has 170 valence electrons. The fourth-order valence-electron chi connectivity index (χ4n) is 4.60. The number of amides is 1. The van der Waals surface area contributed by atoms with Crippen molar-refractivity contribution in [3.8, 4) is 0 Å². The number of rotatable bonds is 7. The maximum absolute atomic E-state index is 13.2. The smallest absolute Gasteiger partial charge is 0.274 e. The zero-order chi connectivity index (χ0) is 22.6. The van der Waals surface area contributed by atoms with Crippen molar-refractivity contribution in [3.63, 3.8) is 0 Å². The third kappa shape index (κ3) is 4.04. The minimum Gasteiger partial charge on any atom is -0.379 e. The van der Waals surface area contributed by atoms with Gasteiger partial charge in [0.2, 0.25) is 0 Å². The van der Waals surface area contributed by atoms with Gasteiger partial charge in [0, 0.05) is 36.2 Å². The van der Waals surface area contributed by atoms with Gasteiger partial charge in [0.1, 0.15) is 23.7 Å². The Hall–Kier alpha value is -3.13. The SMILES string of the molecule is Cc1cc(C(=O)Nc2cc(C3CC3)cc(C3(Cc4nncn4C)COC3)c2)nc(C2CC2)n1. The van der Waals surface area contributed by atoms with Crippen molar-refractivity contribution in [2.75, 3.05) is 18.5 Å². The summed E-state index contributed by atoms with van der Waals surface area (Å²) < 4.78 is 7.64. The first kappa shape index (κ1) is 20.5. The average Bonchev–Trinajstić information content (AvgIpc) is 3.67. The van der Waals surface area contributed by atoms with Crippen LogP contribution < -0.4 is 5.32 Å². The van der Waals surface area contributed by atoms with Crippen LogP contribution in [0.1, 0.15) is 76.5 Å². The highest BCUT2D eigenvalue weighted by Crippen LogP contribution is 2.44. The normalized spacial score (nSPS) is 19.2. The van der Waals surface area contributed by atoms with Gasteiger partial charge in [-0.05, 0) is 67.9 Å². The van der Waals surface area contributed by atoms with Crippen LogP contribution in [0.5, 0.6) is 0 Å². The first-order valence-electron chi connectivity index (χ1n) is 11.7. The number of ether oxygens (including phenoxy) is 1. The van der Waals surface area contributed by atoms with E-state index in [1.165, 1.54) is 24.0 Å². The number of benzene rings is 1. The number of aromatic nitrogens is 5. The van der Waals surface area contributed by atoms with Gasteiger partial charge in [0.05, 0.1) is 13.2 Å². The zero-order valence-electron chi connectivity index (χ0n) is 19.0. The number of aryl methyl sites for hydroxylation is 2. The van der Waals surface area contributed by atoms with Gasteiger partial charge in [-0.1, -0.05) is 6.07 Å². The molecule has 1 N–H and O–H groups in total. The van der Waals surface area contributed by atoms with Gasteiger partial charge in [0.15, 0.2) is 0 Å². The van der Waals surface area contributed by atoms with E-state index < -0.39 is 0 Å². The molecule has 2 aromatic heterocycles. The summed E-state index contributed by atoms with van der Waals surface area (Å²) in [6.45, 7) is 3.19. The highest BCUT2D eigenvalue weighted by Gasteiger charge is 2.42. The minimum atomic E-state index is -0.187. The summed E-state index contributed by atoms with van der Waals surface area (Å²) in [5.74, 6) is 2.51. The maximum Gasteiger partial charge on any atom is 0.274 e. The van der Waals surface area contributed by atoms with Gasteiger partial charge in [-0.15, -0.1) is 10.2 Å². The van der Waals surface area contributed by atoms with E-state index in [1.807, 2.05) is 18.5 Å². The van der Waals surface area contributed by atoms with E-state index in [2.05, 4.69) is 43.7 Å². The molecular weight excluding hydrogens is 416 g/mol. The Labute approximate surface area is 192 Å². The Morgan fingerprint density at radius 1 is 1.12 bits per heavy atom. The van der Waals surface area contributed by atoms with Crippen LogP contribution in [0.2, 0.25) is 0 Å². The van der Waals surface area contributed by atoms with Crippen molar-refractivity contribution >= 4 is 11.6 Å². The summed E-state index contributed by atoms with van der Waals surface area (Å²) in [6, 6.07) is 8.28. The van der Waals surface area contributed by atoms with Crippen LogP contribution >= 0.6 is 0 Å². The lowest BCUT2D eigenvalue weighted by Crippen LogP contribution is -2.49. The van der Waals surface area contributed by atoms with Gasteiger partial charge in [0.25, 0.3) is 5.91 Å². The van der Waals surface area contributed by atoms with Crippen LogP contribution in [0, 0.1) is 6.92 Å². The molecule has 3 aliphatic rings. The van der Waals surface area contributed by atoms with Crippen molar-refractivity contribution in [1.82, 2.24) is 24.7 Å². The molecule has 6 rings (SSSR count). The van der Waals surface area contributed by atoms with Crippen LogP contribution in [0.3, 0.4) is 0 Å². The molecule has 0 unspecified atom stereocenters. The fourth-order valence-corrected chi connectivity index (χ4v) is 4.60. The molecule has 2 saturated carbocycles. The van der Waals surface area contributed by atoms with E-state index in [4.69, 9.17) is 4.74 Å². The Balaban J connectivity index is 1.31. The molecule has 8 heteroatoms. The number of hydrogen-bond donors (Lipinski definition) is 1.